The lowest BCUT2D eigenvalue weighted by atomic mass is 10.2. The Balaban J connectivity index is 2.09. The second kappa shape index (κ2) is 4.67. The third-order valence-electron chi connectivity index (χ3n) is 2.48. The molecule has 0 radical (unpaired) electrons. The lowest BCUT2D eigenvalue weighted by Crippen LogP contribution is -2.26. The Labute approximate surface area is 103 Å². The number of aromatic nitrogens is 3. The number of hydrogen-bond acceptors (Lipinski definition) is 4. The molecule has 6 heteroatoms. The van der Waals surface area contributed by atoms with E-state index >= 15 is 0 Å². The molecule has 1 amide bonds. The van der Waals surface area contributed by atoms with Gasteiger partial charge in [0.15, 0.2) is 0 Å². The number of aromatic amines is 1. The van der Waals surface area contributed by atoms with Gasteiger partial charge in [-0.3, -0.25) is 9.89 Å². The summed E-state index contributed by atoms with van der Waals surface area (Å²) in [5.41, 5.74) is 1.74. The molecular formula is C11H14N4OS. The van der Waals surface area contributed by atoms with Crippen molar-refractivity contribution in [1.29, 1.82) is 0 Å². The second-order valence-electron chi connectivity index (χ2n) is 3.87. The number of nitrogens with zero attached hydrogens (tertiary/aromatic N) is 2. The van der Waals surface area contributed by atoms with Crippen molar-refractivity contribution in [3.8, 4) is 0 Å². The number of rotatable bonds is 3. The molecule has 0 saturated heterocycles. The molecule has 2 heterocycles. The molecule has 0 bridgehead atoms. The molecule has 2 rings (SSSR count). The Bertz CT molecular complexity index is 518. The Hall–Kier alpha value is -1.69. The third kappa shape index (κ3) is 2.52. The minimum Gasteiger partial charge on any atom is -0.345 e. The van der Waals surface area contributed by atoms with Gasteiger partial charge in [-0.1, -0.05) is 0 Å². The van der Waals surface area contributed by atoms with Crippen LogP contribution in [0.25, 0.3) is 0 Å². The highest BCUT2D eigenvalue weighted by Crippen LogP contribution is 2.18. The maximum atomic E-state index is 12.0. The van der Waals surface area contributed by atoms with Gasteiger partial charge in [-0.05, 0) is 20.8 Å². The standard InChI is InChI=1S/C11H14N4OS/c1-6(9-4-12-13-5-9)15-11(16)10-7(2)14-8(3)17-10/h4-6H,1-3H3,(H,12,13)(H,15,16). The Morgan fingerprint density at radius 2 is 2.29 bits per heavy atom. The van der Waals surface area contributed by atoms with E-state index in [1.54, 1.807) is 12.4 Å². The van der Waals surface area contributed by atoms with Crippen molar-refractivity contribution < 1.29 is 4.79 Å². The van der Waals surface area contributed by atoms with Crippen molar-refractivity contribution >= 4 is 17.2 Å². The van der Waals surface area contributed by atoms with Crippen LogP contribution in [0, 0.1) is 13.8 Å². The predicted molar refractivity (Wildman–Crippen MR) is 66.1 cm³/mol. The molecule has 0 fully saturated rings. The van der Waals surface area contributed by atoms with Gasteiger partial charge in [-0.25, -0.2) is 4.98 Å². The molecule has 5 nitrogen and oxygen atoms in total. The summed E-state index contributed by atoms with van der Waals surface area (Å²) in [6, 6.07) is -0.0666. The molecule has 2 aromatic heterocycles. The van der Waals surface area contributed by atoms with Crippen LogP contribution in [0.4, 0.5) is 0 Å². The van der Waals surface area contributed by atoms with Gasteiger partial charge in [0.1, 0.15) is 4.88 Å². The Kier molecular flexibility index (Phi) is 3.23. The Morgan fingerprint density at radius 3 is 2.82 bits per heavy atom. The minimum atomic E-state index is -0.0817. The fourth-order valence-electron chi connectivity index (χ4n) is 1.59. The van der Waals surface area contributed by atoms with E-state index in [1.165, 1.54) is 11.3 Å². The van der Waals surface area contributed by atoms with Crippen LogP contribution in [-0.4, -0.2) is 21.1 Å². The lowest BCUT2D eigenvalue weighted by Gasteiger charge is -2.10. The van der Waals surface area contributed by atoms with Gasteiger partial charge in [-0.2, -0.15) is 5.10 Å². The molecule has 1 atom stereocenters. The zero-order chi connectivity index (χ0) is 12.4. The first-order chi connectivity index (χ1) is 8.08. The number of nitrogens with one attached hydrogen (secondary N) is 2. The highest BCUT2D eigenvalue weighted by atomic mass is 32.1. The summed E-state index contributed by atoms with van der Waals surface area (Å²) in [4.78, 5) is 16.9. The molecule has 1 unspecified atom stereocenters. The maximum absolute atomic E-state index is 12.0. The average Bonchev–Trinajstić information content (AvgIpc) is 2.87. The van der Waals surface area contributed by atoms with Gasteiger partial charge in [0.25, 0.3) is 5.91 Å². The number of H-pyrrole nitrogens is 1. The number of carbonyl (C=O) groups excluding carboxylic acids is 1. The fraction of sp³-hybridized carbons (Fsp3) is 0.364. The van der Waals surface area contributed by atoms with Crippen LogP contribution in [-0.2, 0) is 0 Å². The van der Waals surface area contributed by atoms with Crippen molar-refractivity contribution in [2.24, 2.45) is 0 Å². The first-order valence-corrected chi connectivity index (χ1v) is 6.13. The topological polar surface area (TPSA) is 70.7 Å². The number of hydrogen-bond donors (Lipinski definition) is 2. The molecule has 0 aliphatic carbocycles. The molecule has 2 aromatic rings. The SMILES string of the molecule is Cc1nc(C)c(C(=O)NC(C)c2cn[nH]c2)s1. The maximum Gasteiger partial charge on any atom is 0.263 e. The van der Waals surface area contributed by atoms with Crippen LogP contribution in [0.5, 0.6) is 0 Å². The van der Waals surface area contributed by atoms with Crippen LogP contribution >= 0.6 is 11.3 Å². The Morgan fingerprint density at radius 1 is 1.53 bits per heavy atom. The fourth-order valence-corrected chi connectivity index (χ4v) is 2.41. The van der Waals surface area contributed by atoms with Gasteiger partial charge in [-0.15, -0.1) is 11.3 Å². The van der Waals surface area contributed by atoms with Gasteiger partial charge in [0.2, 0.25) is 0 Å². The number of thiazole rings is 1. The van der Waals surface area contributed by atoms with Crippen LogP contribution in [0.1, 0.15) is 38.9 Å². The largest absolute Gasteiger partial charge is 0.345 e. The summed E-state index contributed by atoms with van der Waals surface area (Å²) in [6.07, 6.45) is 3.48. The van der Waals surface area contributed by atoms with Crippen LogP contribution in [0.2, 0.25) is 0 Å². The molecule has 90 valence electrons. The summed E-state index contributed by atoms with van der Waals surface area (Å²) in [6.45, 7) is 5.67. The van der Waals surface area contributed by atoms with Crippen molar-refractivity contribution in [2.75, 3.05) is 0 Å². The first-order valence-electron chi connectivity index (χ1n) is 5.31. The minimum absolute atomic E-state index is 0.0666. The molecule has 2 N–H and O–H groups in total. The lowest BCUT2D eigenvalue weighted by molar-refractivity contribution is 0.0943. The summed E-state index contributed by atoms with van der Waals surface area (Å²) in [7, 11) is 0. The smallest absolute Gasteiger partial charge is 0.263 e. The second-order valence-corrected chi connectivity index (χ2v) is 5.08. The highest BCUT2D eigenvalue weighted by molar-refractivity contribution is 7.13. The monoisotopic (exact) mass is 250 g/mol. The van der Waals surface area contributed by atoms with E-state index in [4.69, 9.17) is 0 Å². The average molecular weight is 250 g/mol. The predicted octanol–water partition coefficient (Wildman–Crippen LogP) is 1.97. The first kappa shape index (κ1) is 11.8. The number of amides is 1. The molecule has 0 spiro atoms. The van der Waals surface area contributed by atoms with E-state index in [2.05, 4.69) is 20.5 Å². The summed E-state index contributed by atoms with van der Waals surface area (Å²) < 4.78 is 0. The summed E-state index contributed by atoms with van der Waals surface area (Å²) in [5.74, 6) is -0.0817. The van der Waals surface area contributed by atoms with E-state index in [0.29, 0.717) is 4.88 Å². The van der Waals surface area contributed by atoms with Crippen molar-refractivity contribution in [3.63, 3.8) is 0 Å². The quantitative estimate of drug-likeness (QED) is 0.875. The third-order valence-corrected chi connectivity index (χ3v) is 3.55. The summed E-state index contributed by atoms with van der Waals surface area (Å²) in [5, 5.41) is 10.4. The van der Waals surface area contributed by atoms with E-state index < -0.39 is 0 Å². The molecular weight excluding hydrogens is 236 g/mol. The van der Waals surface area contributed by atoms with Crippen LogP contribution in [0.3, 0.4) is 0 Å². The summed E-state index contributed by atoms with van der Waals surface area (Å²) >= 11 is 1.42. The van der Waals surface area contributed by atoms with Crippen LogP contribution in [0.15, 0.2) is 12.4 Å². The van der Waals surface area contributed by atoms with Crippen molar-refractivity contribution in [3.05, 3.63) is 33.5 Å². The molecule has 0 saturated carbocycles. The van der Waals surface area contributed by atoms with E-state index in [-0.39, 0.29) is 11.9 Å². The highest BCUT2D eigenvalue weighted by Gasteiger charge is 2.16. The van der Waals surface area contributed by atoms with Gasteiger partial charge in [0, 0.05) is 11.8 Å². The zero-order valence-electron chi connectivity index (χ0n) is 9.94. The van der Waals surface area contributed by atoms with E-state index in [9.17, 15) is 4.79 Å². The van der Waals surface area contributed by atoms with E-state index in [0.717, 1.165) is 16.3 Å². The van der Waals surface area contributed by atoms with Crippen LogP contribution < -0.4 is 5.32 Å². The molecule has 0 aliphatic heterocycles. The number of carbonyl (C=O) groups is 1. The number of aryl methyl sites for hydroxylation is 2. The van der Waals surface area contributed by atoms with Gasteiger partial charge in [0.05, 0.1) is 22.9 Å². The molecule has 0 aliphatic rings. The van der Waals surface area contributed by atoms with Gasteiger partial charge >= 0.3 is 0 Å². The van der Waals surface area contributed by atoms with Crippen molar-refractivity contribution in [2.45, 2.75) is 26.8 Å². The van der Waals surface area contributed by atoms with Crippen molar-refractivity contribution in [1.82, 2.24) is 20.5 Å². The van der Waals surface area contributed by atoms with Gasteiger partial charge < -0.3 is 5.32 Å². The molecule has 0 aromatic carbocycles. The zero-order valence-corrected chi connectivity index (χ0v) is 10.8. The van der Waals surface area contributed by atoms with E-state index in [1.807, 2.05) is 20.8 Å². The normalized spacial score (nSPS) is 12.4. The molecule has 17 heavy (non-hydrogen) atoms.